The van der Waals surface area contributed by atoms with Gasteiger partial charge in [0, 0.05) is 25.5 Å². The topological polar surface area (TPSA) is 76.5 Å². The Balaban J connectivity index is 1.61. The summed E-state index contributed by atoms with van der Waals surface area (Å²) in [6.07, 6.45) is 3.31. The molecule has 0 aliphatic carbocycles. The van der Waals surface area contributed by atoms with Gasteiger partial charge in [-0.15, -0.1) is 0 Å². The van der Waals surface area contributed by atoms with Gasteiger partial charge in [0.05, 0.1) is 12.1 Å². The van der Waals surface area contributed by atoms with Crippen molar-refractivity contribution >= 4 is 11.8 Å². The Morgan fingerprint density at radius 2 is 2.44 bits per heavy atom. The molecule has 7 nitrogen and oxygen atoms in total. The first-order valence-electron chi connectivity index (χ1n) is 5.88. The predicted molar refractivity (Wildman–Crippen MR) is 60.5 cm³/mol. The largest absolute Gasteiger partial charge is 0.364 e. The van der Waals surface area contributed by atoms with Crippen molar-refractivity contribution in [3.8, 4) is 0 Å². The van der Waals surface area contributed by atoms with E-state index < -0.39 is 0 Å². The number of carbonyl (C=O) groups excluding carboxylic acids is 2. The molecular weight excluding hydrogens is 236 g/mol. The molecule has 0 aromatic carbocycles. The average molecular weight is 250 g/mol. The summed E-state index contributed by atoms with van der Waals surface area (Å²) in [4.78, 5) is 24.9. The van der Waals surface area contributed by atoms with Gasteiger partial charge in [-0.25, -0.2) is 0 Å². The van der Waals surface area contributed by atoms with Crippen LogP contribution in [0.4, 0.5) is 0 Å². The lowest BCUT2D eigenvalue weighted by Gasteiger charge is -2.24. The molecular formula is C11H14N4O3. The second kappa shape index (κ2) is 4.41. The lowest BCUT2D eigenvalue weighted by molar-refractivity contribution is -0.134. The van der Waals surface area contributed by atoms with Gasteiger partial charge in [0.1, 0.15) is 13.2 Å². The van der Waals surface area contributed by atoms with E-state index in [0.29, 0.717) is 13.1 Å². The third kappa shape index (κ3) is 2.08. The number of aromatic nitrogens is 2. The van der Waals surface area contributed by atoms with E-state index in [1.165, 1.54) is 0 Å². The maximum atomic E-state index is 12.0. The summed E-state index contributed by atoms with van der Waals surface area (Å²) in [5.41, 5.74) is 0. The van der Waals surface area contributed by atoms with Crippen molar-refractivity contribution in [2.24, 2.45) is 0 Å². The summed E-state index contributed by atoms with van der Waals surface area (Å²) >= 11 is 0. The summed E-state index contributed by atoms with van der Waals surface area (Å²) in [7, 11) is 0. The zero-order valence-corrected chi connectivity index (χ0v) is 9.78. The lowest BCUT2D eigenvalue weighted by atomic mass is 10.2. The molecule has 2 aliphatic rings. The van der Waals surface area contributed by atoms with Crippen LogP contribution in [0.25, 0.3) is 0 Å². The third-order valence-corrected chi connectivity index (χ3v) is 3.25. The highest BCUT2D eigenvalue weighted by molar-refractivity contribution is 5.79. The van der Waals surface area contributed by atoms with Crippen molar-refractivity contribution in [3.05, 3.63) is 18.5 Å². The van der Waals surface area contributed by atoms with Gasteiger partial charge in [0.25, 0.3) is 0 Å². The average Bonchev–Trinajstić information content (AvgIpc) is 2.96. The Bertz CT molecular complexity index is 459. The third-order valence-electron chi connectivity index (χ3n) is 3.25. The van der Waals surface area contributed by atoms with E-state index in [9.17, 15) is 9.59 Å². The summed E-state index contributed by atoms with van der Waals surface area (Å²) in [6.45, 7) is 1.35. The molecule has 2 atom stereocenters. The first-order valence-corrected chi connectivity index (χ1v) is 5.88. The van der Waals surface area contributed by atoms with Crippen molar-refractivity contribution in [2.75, 3.05) is 19.7 Å². The van der Waals surface area contributed by atoms with Gasteiger partial charge in [0.2, 0.25) is 11.8 Å². The molecule has 0 saturated carbocycles. The molecule has 0 unspecified atom stereocenters. The maximum Gasteiger partial charge on any atom is 0.246 e. The standard InChI is InChI=1S/C11H14N4O3/c16-10-7-18-9-5-14(4-8(9)13-10)11(17)6-15-3-1-2-12-15/h1-3,8-9H,4-7H2,(H,13,16)/t8-,9-/m0/s1. The molecule has 7 heteroatoms. The van der Waals surface area contributed by atoms with Crippen LogP contribution in [-0.4, -0.2) is 58.3 Å². The second-order valence-electron chi connectivity index (χ2n) is 4.53. The number of morpholine rings is 1. The van der Waals surface area contributed by atoms with Crippen LogP contribution in [-0.2, 0) is 20.9 Å². The number of nitrogens with zero attached hydrogens (tertiary/aromatic N) is 3. The minimum atomic E-state index is -0.113. The molecule has 0 radical (unpaired) electrons. The Kier molecular flexibility index (Phi) is 2.75. The van der Waals surface area contributed by atoms with Crippen LogP contribution < -0.4 is 5.32 Å². The quantitative estimate of drug-likeness (QED) is 0.701. The van der Waals surface area contributed by atoms with Crippen molar-refractivity contribution in [2.45, 2.75) is 18.7 Å². The lowest BCUT2D eigenvalue weighted by Crippen LogP contribution is -2.50. The molecule has 1 aromatic rings. The first kappa shape index (κ1) is 11.2. The van der Waals surface area contributed by atoms with E-state index in [0.717, 1.165) is 0 Å². The SMILES string of the molecule is O=C1CO[C@H]2CN(C(=O)Cn3cccn3)C[C@@H]2N1. The monoisotopic (exact) mass is 250 g/mol. The van der Waals surface area contributed by atoms with Crippen LogP contribution in [0.2, 0.25) is 0 Å². The van der Waals surface area contributed by atoms with E-state index in [1.807, 2.05) is 0 Å². The molecule has 1 aromatic heterocycles. The number of likely N-dealkylation sites (tertiary alicyclic amines) is 1. The molecule has 2 aliphatic heterocycles. The van der Waals surface area contributed by atoms with E-state index in [2.05, 4.69) is 10.4 Å². The smallest absolute Gasteiger partial charge is 0.246 e. The minimum Gasteiger partial charge on any atom is -0.364 e. The second-order valence-corrected chi connectivity index (χ2v) is 4.53. The van der Waals surface area contributed by atoms with Gasteiger partial charge in [-0.1, -0.05) is 0 Å². The number of ether oxygens (including phenoxy) is 1. The van der Waals surface area contributed by atoms with Gasteiger partial charge in [-0.05, 0) is 6.07 Å². The Morgan fingerprint density at radius 1 is 1.56 bits per heavy atom. The van der Waals surface area contributed by atoms with Crippen LogP contribution in [0.3, 0.4) is 0 Å². The van der Waals surface area contributed by atoms with Gasteiger partial charge < -0.3 is 15.0 Å². The fourth-order valence-electron chi connectivity index (χ4n) is 2.35. The Hall–Kier alpha value is -1.89. The fourth-order valence-corrected chi connectivity index (χ4v) is 2.35. The first-order chi connectivity index (χ1) is 8.72. The number of fused-ring (bicyclic) bond motifs is 1. The van der Waals surface area contributed by atoms with E-state index in [-0.39, 0.29) is 37.1 Å². The molecule has 2 amide bonds. The van der Waals surface area contributed by atoms with Crippen LogP contribution in [0, 0.1) is 0 Å². The Morgan fingerprint density at radius 3 is 3.22 bits per heavy atom. The molecule has 2 fully saturated rings. The van der Waals surface area contributed by atoms with Crippen LogP contribution >= 0.6 is 0 Å². The summed E-state index contributed by atoms with van der Waals surface area (Å²) < 4.78 is 6.99. The van der Waals surface area contributed by atoms with Crippen LogP contribution in [0.5, 0.6) is 0 Å². The molecule has 3 heterocycles. The number of carbonyl (C=O) groups is 2. The minimum absolute atomic E-state index is 0.00838. The van der Waals surface area contributed by atoms with Gasteiger partial charge in [0.15, 0.2) is 0 Å². The van der Waals surface area contributed by atoms with Gasteiger partial charge in [-0.3, -0.25) is 14.3 Å². The van der Waals surface area contributed by atoms with Gasteiger partial charge in [-0.2, -0.15) is 5.10 Å². The van der Waals surface area contributed by atoms with E-state index in [1.54, 1.807) is 28.0 Å². The van der Waals surface area contributed by atoms with Crippen molar-refractivity contribution in [1.82, 2.24) is 20.0 Å². The highest BCUT2D eigenvalue weighted by Gasteiger charge is 2.39. The molecule has 0 bridgehead atoms. The number of hydrogen-bond donors (Lipinski definition) is 1. The summed E-state index contributed by atoms with van der Waals surface area (Å²) in [6, 6.07) is 1.70. The molecule has 2 saturated heterocycles. The summed E-state index contributed by atoms with van der Waals surface area (Å²) in [5, 5.41) is 6.84. The molecule has 18 heavy (non-hydrogen) atoms. The van der Waals surface area contributed by atoms with Crippen LogP contribution in [0.1, 0.15) is 0 Å². The number of rotatable bonds is 2. The maximum absolute atomic E-state index is 12.0. The highest BCUT2D eigenvalue weighted by atomic mass is 16.5. The van der Waals surface area contributed by atoms with Crippen molar-refractivity contribution in [3.63, 3.8) is 0 Å². The number of amides is 2. The van der Waals surface area contributed by atoms with E-state index >= 15 is 0 Å². The van der Waals surface area contributed by atoms with E-state index in [4.69, 9.17) is 4.74 Å². The molecule has 3 rings (SSSR count). The van der Waals surface area contributed by atoms with Gasteiger partial charge >= 0.3 is 0 Å². The predicted octanol–water partition coefficient (Wildman–Crippen LogP) is -1.39. The Labute approximate surface area is 104 Å². The zero-order valence-electron chi connectivity index (χ0n) is 9.78. The number of hydrogen-bond acceptors (Lipinski definition) is 4. The molecule has 1 N–H and O–H groups in total. The fraction of sp³-hybridized carbons (Fsp3) is 0.545. The van der Waals surface area contributed by atoms with Crippen molar-refractivity contribution < 1.29 is 14.3 Å². The number of nitrogens with one attached hydrogen (secondary N) is 1. The zero-order chi connectivity index (χ0) is 12.5. The van der Waals surface area contributed by atoms with Crippen LogP contribution in [0.15, 0.2) is 18.5 Å². The summed E-state index contributed by atoms with van der Waals surface area (Å²) in [5.74, 6) is -0.122. The normalized spacial score (nSPS) is 26.9. The van der Waals surface area contributed by atoms with Crippen molar-refractivity contribution in [1.29, 1.82) is 0 Å². The molecule has 0 spiro atoms. The molecule has 96 valence electrons. The highest BCUT2D eigenvalue weighted by Crippen LogP contribution is 2.17.